The fourth-order valence-electron chi connectivity index (χ4n) is 3.71. The summed E-state index contributed by atoms with van der Waals surface area (Å²) in [7, 11) is 0. The molecule has 0 saturated carbocycles. The lowest BCUT2D eigenvalue weighted by atomic mass is 9.95. The highest BCUT2D eigenvalue weighted by Crippen LogP contribution is 2.35. The van der Waals surface area contributed by atoms with Crippen molar-refractivity contribution in [3.8, 4) is 11.3 Å². The van der Waals surface area contributed by atoms with E-state index in [0.717, 1.165) is 31.6 Å². The van der Waals surface area contributed by atoms with Crippen molar-refractivity contribution in [1.29, 1.82) is 0 Å². The Kier molecular flexibility index (Phi) is 5.37. The molecule has 3 rings (SSSR count). The predicted molar refractivity (Wildman–Crippen MR) is 109 cm³/mol. The van der Waals surface area contributed by atoms with E-state index in [-0.39, 0.29) is 0 Å². The quantitative estimate of drug-likeness (QED) is 0.538. The largest absolute Gasteiger partial charge is 0.370 e. The van der Waals surface area contributed by atoms with Gasteiger partial charge in [-0.25, -0.2) is 0 Å². The van der Waals surface area contributed by atoms with Crippen LogP contribution in [0.5, 0.6) is 0 Å². The molecule has 0 aliphatic carbocycles. The lowest BCUT2D eigenvalue weighted by Gasteiger charge is -2.26. The van der Waals surface area contributed by atoms with Gasteiger partial charge in [0.2, 0.25) is 0 Å². The van der Waals surface area contributed by atoms with Crippen molar-refractivity contribution in [3.63, 3.8) is 0 Å². The standard InChI is InChI=1S/C23H28N2/c1-5-14-25(15-6-2)21-16-24-23(20-13-8-7-12-19(20)21)22-17(3)10-9-11-18(22)4/h7-13,16H,5-6,14-15H2,1-4H3. The number of anilines is 1. The minimum atomic E-state index is 1.07. The smallest absolute Gasteiger partial charge is 0.0787 e. The van der Waals surface area contributed by atoms with E-state index in [1.54, 1.807) is 0 Å². The fourth-order valence-corrected chi connectivity index (χ4v) is 3.71. The zero-order valence-electron chi connectivity index (χ0n) is 15.8. The molecule has 2 aromatic carbocycles. The molecule has 0 aliphatic rings. The SMILES string of the molecule is CCCN(CCC)c1cnc(-c2c(C)cccc2C)c2ccccc12. The molecule has 0 radical (unpaired) electrons. The first-order chi connectivity index (χ1) is 12.2. The Labute approximate surface area is 151 Å². The Morgan fingerprint density at radius 2 is 1.40 bits per heavy atom. The van der Waals surface area contributed by atoms with Gasteiger partial charge in [-0.1, -0.05) is 56.3 Å². The number of benzene rings is 2. The highest BCUT2D eigenvalue weighted by molar-refractivity contribution is 6.02. The molecule has 25 heavy (non-hydrogen) atoms. The molecule has 2 heteroatoms. The van der Waals surface area contributed by atoms with Crippen molar-refractivity contribution < 1.29 is 0 Å². The van der Waals surface area contributed by atoms with Gasteiger partial charge in [0.25, 0.3) is 0 Å². The maximum Gasteiger partial charge on any atom is 0.0787 e. The van der Waals surface area contributed by atoms with Crippen LogP contribution in [0, 0.1) is 13.8 Å². The van der Waals surface area contributed by atoms with Crippen molar-refractivity contribution in [1.82, 2.24) is 4.98 Å². The second-order valence-corrected chi connectivity index (χ2v) is 6.79. The van der Waals surface area contributed by atoms with Gasteiger partial charge in [-0.2, -0.15) is 0 Å². The molecule has 0 spiro atoms. The maximum atomic E-state index is 4.94. The molecule has 130 valence electrons. The number of hydrogen-bond acceptors (Lipinski definition) is 2. The topological polar surface area (TPSA) is 16.1 Å². The van der Waals surface area contributed by atoms with E-state index < -0.39 is 0 Å². The molecule has 2 nitrogen and oxygen atoms in total. The second-order valence-electron chi connectivity index (χ2n) is 6.79. The monoisotopic (exact) mass is 332 g/mol. The van der Waals surface area contributed by atoms with E-state index in [4.69, 9.17) is 4.98 Å². The Balaban J connectivity index is 2.23. The van der Waals surface area contributed by atoms with Crippen molar-refractivity contribution >= 4 is 16.5 Å². The molecular formula is C23H28N2. The van der Waals surface area contributed by atoms with Crippen LogP contribution < -0.4 is 4.90 Å². The van der Waals surface area contributed by atoms with Crippen LogP contribution in [0.15, 0.2) is 48.7 Å². The van der Waals surface area contributed by atoms with Crippen molar-refractivity contribution in [2.45, 2.75) is 40.5 Å². The van der Waals surface area contributed by atoms with E-state index >= 15 is 0 Å². The number of pyridine rings is 1. The van der Waals surface area contributed by atoms with Crippen molar-refractivity contribution in [2.24, 2.45) is 0 Å². The molecule has 0 unspecified atom stereocenters. The summed E-state index contributed by atoms with van der Waals surface area (Å²) in [6.07, 6.45) is 4.37. The number of aryl methyl sites for hydroxylation is 2. The summed E-state index contributed by atoms with van der Waals surface area (Å²) in [5.41, 5.74) is 6.19. The van der Waals surface area contributed by atoms with Crippen LogP contribution in [0.1, 0.15) is 37.8 Å². The molecule has 0 N–H and O–H groups in total. The average Bonchev–Trinajstić information content (AvgIpc) is 2.61. The van der Waals surface area contributed by atoms with Gasteiger partial charge in [0.05, 0.1) is 17.6 Å². The summed E-state index contributed by atoms with van der Waals surface area (Å²) in [5, 5.41) is 2.55. The molecule has 1 aromatic heterocycles. The van der Waals surface area contributed by atoms with E-state index in [1.807, 2.05) is 0 Å². The third kappa shape index (κ3) is 3.39. The minimum absolute atomic E-state index is 1.07. The van der Waals surface area contributed by atoms with Gasteiger partial charge < -0.3 is 4.90 Å². The number of aromatic nitrogens is 1. The van der Waals surface area contributed by atoms with Gasteiger partial charge in [-0.3, -0.25) is 4.98 Å². The number of fused-ring (bicyclic) bond motifs is 1. The van der Waals surface area contributed by atoms with Crippen molar-refractivity contribution in [2.75, 3.05) is 18.0 Å². The molecule has 3 aromatic rings. The van der Waals surface area contributed by atoms with Gasteiger partial charge >= 0.3 is 0 Å². The van der Waals surface area contributed by atoms with Gasteiger partial charge in [-0.15, -0.1) is 0 Å². The number of hydrogen-bond donors (Lipinski definition) is 0. The molecule has 0 amide bonds. The predicted octanol–water partition coefficient (Wildman–Crippen LogP) is 6.15. The average molecular weight is 332 g/mol. The Hall–Kier alpha value is -2.35. The zero-order valence-corrected chi connectivity index (χ0v) is 15.8. The molecule has 0 fully saturated rings. The molecule has 0 bridgehead atoms. The second kappa shape index (κ2) is 7.69. The van der Waals surface area contributed by atoms with Gasteiger partial charge in [0, 0.05) is 29.4 Å². The lowest BCUT2D eigenvalue weighted by Crippen LogP contribution is -2.25. The van der Waals surface area contributed by atoms with Crippen LogP contribution in [0.25, 0.3) is 22.0 Å². The van der Waals surface area contributed by atoms with Gasteiger partial charge in [-0.05, 0) is 37.8 Å². The Morgan fingerprint density at radius 3 is 2.00 bits per heavy atom. The third-order valence-corrected chi connectivity index (χ3v) is 4.82. The first kappa shape index (κ1) is 17.5. The summed E-state index contributed by atoms with van der Waals surface area (Å²) < 4.78 is 0. The number of rotatable bonds is 6. The van der Waals surface area contributed by atoms with Crippen LogP contribution in [0.3, 0.4) is 0 Å². The van der Waals surface area contributed by atoms with E-state index in [0.29, 0.717) is 0 Å². The summed E-state index contributed by atoms with van der Waals surface area (Å²) in [6, 6.07) is 15.2. The molecule has 1 heterocycles. The Morgan fingerprint density at radius 1 is 0.800 bits per heavy atom. The normalized spacial score (nSPS) is 11.0. The fraction of sp³-hybridized carbons (Fsp3) is 0.348. The molecule has 0 atom stereocenters. The highest BCUT2D eigenvalue weighted by atomic mass is 15.1. The third-order valence-electron chi connectivity index (χ3n) is 4.82. The van der Waals surface area contributed by atoms with E-state index in [1.165, 1.54) is 33.2 Å². The zero-order chi connectivity index (χ0) is 17.8. The van der Waals surface area contributed by atoms with Crippen molar-refractivity contribution in [3.05, 3.63) is 59.8 Å². The molecule has 0 saturated heterocycles. The summed E-state index contributed by atoms with van der Waals surface area (Å²) >= 11 is 0. The van der Waals surface area contributed by atoms with Crippen LogP contribution in [0.2, 0.25) is 0 Å². The summed E-state index contributed by atoms with van der Waals surface area (Å²) in [5.74, 6) is 0. The minimum Gasteiger partial charge on any atom is -0.370 e. The van der Waals surface area contributed by atoms with Gasteiger partial charge in [0.1, 0.15) is 0 Å². The van der Waals surface area contributed by atoms with Gasteiger partial charge in [0.15, 0.2) is 0 Å². The maximum absolute atomic E-state index is 4.94. The summed E-state index contributed by atoms with van der Waals surface area (Å²) in [4.78, 5) is 7.42. The van der Waals surface area contributed by atoms with E-state index in [2.05, 4.69) is 81.3 Å². The van der Waals surface area contributed by atoms with Crippen LogP contribution in [-0.2, 0) is 0 Å². The highest BCUT2D eigenvalue weighted by Gasteiger charge is 2.15. The lowest BCUT2D eigenvalue weighted by molar-refractivity contribution is 0.746. The van der Waals surface area contributed by atoms with Crippen LogP contribution in [-0.4, -0.2) is 18.1 Å². The molecular weight excluding hydrogens is 304 g/mol. The molecule has 0 aliphatic heterocycles. The number of nitrogens with zero attached hydrogens (tertiary/aromatic N) is 2. The summed E-state index contributed by atoms with van der Waals surface area (Å²) in [6.45, 7) is 11.0. The first-order valence-electron chi connectivity index (χ1n) is 9.36. The first-order valence-corrected chi connectivity index (χ1v) is 9.36. The van der Waals surface area contributed by atoms with Crippen LogP contribution >= 0.6 is 0 Å². The van der Waals surface area contributed by atoms with E-state index in [9.17, 15) is 0 Å². The van der Waals surface area contributed by atoms with Crippen LogP contribution in [0.4, 0.5) is 5.69 Å². The Bertz CT molecular complexity index is 841.